The maximum atomic E-state index is 13.2. The maximum Gasteiger partial charge on any atom is 0.261 e. The van der Waals surface area contributed by atoms with Gasteiger partial charge in [0.15, 0.2) is 4.34 Å². The molecular formula is C18H19ClN4OS2. The monoisotopic (exact) mass is 406 g/mol. The lowest BCUT2D eigenvalue weighted by molar-refractivity contribution is -0.128. The van der Waals surface area contributed by atoms with E-state index >= 15 is 0 Å². The van der Waals surface area contributed by atoms with Gasteiger partial charge in [0.05, 0.1) is 10.4 Å². The molecule has 8 heteroatoms. The molecule has 1 amide bonds. The predicted molar refractivity (Wildman–Crippen MR) is 107 cm³/mol. The van der Waals surface area contributed by atoms with Crippen molar-refractivity contribution in [1.29, 1.82) is 0 Å². The summed E-state index contributed by atoms with van der Waals surface area (Å²) in [5, 5.41) is 12.7. The molecule has 1 aromatic carbocycles. The van der Waals surface area contributed by atoms with Crippen LogP contribution in [0, 0.1) is 0 Å². The second-order valence-corrected chi connectivity index (χ2v) is 9.09. The maximum absolute atomic E-state index is 13.2. The van der Waals surface area contributed by atoms with Crippen molar-refractivity contribution in [2.75, 3.05) is 19.4 Å². The fourth-order valence-corrected chi connectivity index (χ4v) is 6.24. The quantitative estimate of drug-likeness (QED) is 0.808. The molecule has 1 fully saturated rings. The zero-order chi connectivity index (χ0) is 18.3. The largest absolute Gasteiger partial charge is 0.363 e. The van der Waals surface area contributed by atoms with E-state index in [1.807, 2.05) is 37.2 Å². The van der Waals surface area contributed by atoms with E-state index in [1.165, 1.54) is 28.7 Å². The summed E-state index contributed by atoms with van der Waals surface area (Å²) in [7, 11) is 3.71. The molecule has 1 atom stereocenters. The van der Waals surface area contributed by atoms with Gasteiger partial charge in [-0.25, -0.2) is 0 Å². The van der Waals surface area contributed by atoms with Crippen LogP contribution in [-0.2, 0) is 10.3 Å². The SMILES string of the molecule is CNc1nnc(SC2=C3CCCC[C@@]3(c3ccccc3Cl)N(C)C2=O)s1. The third-order valence-electron chi connectivity index (χ3n) is 5.19. The van der Waals surface area contributed by atoms with Gasteiger partial charge >= 0.3 is 0 Å². The third kappa shape index (κ3) is 2.64. The van der Waals surface area contributed by atoms with Crippen LogP contribution in [0.25, 0.3) is 0 Å². The van der Waals surface area contributed by atoms with Crippen LogP contribution in [0.5, 0.6) is 0 Å². The average molecular weight is 407 g/mol. The third-order valence-corrected chi connectivity index (χ3v) is 7.64. The number of benzene rings is 1. The Hall–Kier alpha value is -1.57. The lowest BCUT2D eigenvalue weighted by atomic mass is 9.73. The second-order valence-electron chi connectivity index (χ2n) is 6.44. The minimum atomic E-state index is -0.438. The van der Waals surface area contributed by atoms with Gasteiger partial charge in [0.1, 0.15) is 0 Å². The lowest BCUT2D eigenvalue weighted by Gasteiger charge is -2.42. The standard InChI is InChI=1S/C18H19ClN4OS2/c1-20-16-21-22-17(26-16)25-14-12-8-5-6-10-18(12,23(2)15(14)24)11-7-3-4-9-13(11)19/h3-4,7,9H,5-6,8,10H2,1-2H3,(H,20,21)/t18-/m0/s1. The van der Waals surface area contributed by atoms with Gasteiger partial charge in [-0.2, -0.15) is 0 Å². The molecule has 1 aliphatic carbocycles. The molecule has 1 saturated carbocycles. The number of fused-ring (bicyclic) bond motifs is 1. The first-order valence-corrected chi connectivity index (χ1v) is 10.5. The van der Waals surface area contributed by atoms with Gasteiger partial charge in [0, 0.05) is 24.7 Å². The fraction of sp³-hybridized carbons (Fsp3) is 0.389. The van der Waals surface area contributed by atoms with Crippen LogP contribution in [-0.4, -0.2) is 35.1 Å². The first-order chi connectivity index (χ1) is 12.6. The van der Waals surface area contributed by atoms with Crippen LogP contribution in [0.1, 0.15) is 31.2 Å². The highest BCUT2D eigenvalue weighted by atomic mass is 35.5. The molecule has 0 saturated heterocycles. The van der Waals surface area contributed by atoms with Gasteiger partial charge < -0.3 is 10.2 Å². The summed E-state index contributed by atoms with van der Waals surface area (Å²) in [6.45, 7) is 0. The van der Waals surface area contributed by atoms with E-state index in [-0.39, 0.29) is 5.91 Å². The van der Waals surface area contributed by atoms with E-state index in [0.29, 0.717) is 5.02 Å². The zero-order valence-corrected chi connectivity index (χ0v) is 17.0. The highest BCUT2D eigenvalue weighted by Crippen LogP contribution is 2.55. The number of thioether (sulfide) groups is 1. The first kappa shape index (κ1) is 17.8. The molecule has 4 rings (SSSR count). The van der Waals surface area contributed by atoms with Crippen LogP contribution in [0.2, 0.25) is 5.02 Å². The Labute approximate surface area is 165 Å². The van der Waals surface area contributed by atoms with E-state index < -0.39 is 5.54 Å². The Bertz CT molecular complexity index is 897. The van der Waals surface area contributed by atoms with Gasteiger partial charge in [0.25, 0.3) is 5.91 Å². The van der Waals surface area contributed by atoms with Crippen molar-refractivity contribution in [2.24, 2.45) is 0 Å². The molecule has 0 unspecified atom stereocenters. The van der Waals surface area contributed by atoms with Gasteiger partial charge in [-0.3, -0.25) is 4.79 Å². The topological polar surface area (TPSA) is 58.1 Å². The number of halogens is 1. The number of hydrogen-bond donors (Lipinski definition) is 1. The van der Waals surface area contributed by atoms with Crippen molar-refractivity contribution in [3.63, 3.8) is 0 Å². The molecule has 2 aromatic rings. The molecule has 1 aromatic heterocycles. The van der Waals surface area contributed by atoms with Crippen molar-refractivity contribution < 1.29 is 4.79 Å². The van der Waals surface area contributed by atoms with Crippen LogP contribution in [0.15, 0.2) is 39.1 Å². The van der Waals surface area contributed by atoms with Crippen LogP contribution >= 0.6 is 34.7 Å². The smallest absolute Gasteiger partial charge is 0.261 e. The van der Waals surface area contributed by atoms with Gasteiger partial charge in [-0.1, -0.05) is 59.3 Å². The van der Waals surface area contributed by atoms with Crippen molar-refractivity contribution in [2.45, 2.75) is 35.6 Å². The number of rotatable bonds is 4. The molecule has 2 heterocycles. The Morgan fingerprint density at radius 1 is 1.31 bits per heavy atom. The molecule has 1 N–H and O–H groups in total. The summed E-state index contributed by atoms with van der Waals surface area (Å²) >= 11 is 9.46. The molecule has 0 radical (unpaired) electrons. The summed E-state index contributed by atoms with van der Waals surface area (Å²) in [6, 6.07) is 7.89. The first-order valence-electron chi connectivity index (χ1n) is 8.54. The normalized spacial score (nSPS) is 22.7. The summed E-state index contributed by atoms with van der Waals surface area (Å²) < 4.78 is 0.777. The van der Waals surface area contributed by atoms with Gasteiger partial charge in [-0.05, 0) is 30.9 Å². The Morgan fingerprint density at radius 3 is 2.85 bits per heavy atom. The lowest BCUT2D eigenvalue weighted by Crippen LogP contribution is -2.44. The summed E-state index contributed by atoms with van der Waals surface area (Å²) in [5.41, 5.74) is 1.76. The highest BCUT2D eigenvalue weighted by Gasteiger charge is 2.52. The number of likely N-dealkylation sites (N-methyl/N-ethyl adjacent to an activating group) is 1. The van der Waals surface area contributed by atoms with Gasteiger partial charge in [0.2, 0.25) is 5.13 Å². The number of anilines is 1. The molecule has 0 spiro atoms. The number of amides is 1. The van der Waals surface area contributed by atoms with Crippen LogP contribution in [0.3, 0.4) is 0 Å². The number of aromatic nitrogens is 2. The summed E-state index contributed by atoms with van der Waals surface area (Å²) in [6.07, 6.45) is 3.97. The van der Waals surface area contributed by atoms with E-state index in [4.69, 9.17) is 11.6 Å². The summed E-state index contributed by atoms with van der Waals surface area (Å²) in [5.74, 6) is 0.0491. The van der Waals surface area contributed by atoms with E-state index in [9.17, 15) is 4.79 Å². The molecule has 136 valence electrons. The zero-order valence-electron chi connectivity index (χ0n) is 14.6. The van der Waals surface area contributed by atoms with Gasteiger partial charge in [-0.15, -0.1) is 10.2 Å². The highest BCUT2D eigenvalue weighted by molar-refractivity contribution is 8.05. The molecule has 1 aliphatic heterocycles. The molecule has 26 heavy (non-hydrogen) atoms. The molecular weight excluding hydrogens is 388 g/mol. The van der Waals surface area contributed by atoms with E-state index in [1.54, 1.807) is 0 Å². The Balaban J connectivity index is 1.83. The molecule has 2 aliphatic rings. The number of hydrogen-bond acceptors (Lipinski definition) is 6. The molecule has 5 nitrogen and oxygen atoms in total. The Kier molecular flexibility index (Phi) is 4.71. The minimum Gasteiger partial charge on any atom is -0.363 e. The molecule has 0 bridgehead atoms. The second kappa shape index (κ2) is 6.87. The van der Waals surface area contributed by atoms with Crippen molar-refractivity contribution in [3.05, 3.63) is 45.3 Å². The summed E-state index contributed by atoms with van der Waals surface area (Å²) in [4.78, 5) is 15.9. The number of nitrogens with zero attached hydrogens (tertiary/aromatic N) is 3. The number of carbonyl (C=O) groups excluding carboxylic acids is 1. The Morgan fingerprint density at radius 2 is 2.12 bits per heavy atom. The number of nitrogens with one attached hydrogen (secondary N) is 1. The van der Waals surface area contributed by atoms with Crippen molar-refractivity contribution in [1.82, 2.24) is 15.1 Å². The van der Waals surface area contributed by atoms with Crippen LogP contribution < -0.4 is 5.32 Å². The van der Waals surface area contributed by atoms with Crippen LogP contribution in [0.4, 0.5) is 5.13 Å². The van der Waals surface area contributed by atoms with Crippen molar-refractivity contribution in [3.8, 4) is 0 Å². The fourth-order valence-electron chi connectivity index (χ4n) is 3.99. The minimum absolute atomic E-state index is 0.0491. The van der Waals surface area contributed by atoms with Crippen molar-refractivity contribution >= 4 is 45.7 Å². The van der Waals surface area contributed by atoms with E-state index in [2.05, 4.69) is 21.6 Å². The number of carbonyl (C=O) groups is 1. The van der Waals surface area contributed by atoms with E-state index in [0.717, 1.165) is 45.6 Å². The predicted octanol–water partition coefficient (Wildman–Crippen LogP) is 4.52. The average Bonchev–Trinajstić information content (AvgIpc) is 3.20.